The summed E-state index contributed by atoms with van der Waals surface area (Å²) >= 11 is 0. The number of aliphatic hydroxyl groups is 1. The standard InChI is InChI=1S/C18H12F7NO3S/c1-30(28,29)13-4-2-10-8-26(9-11(10)6-13)15-5-3-12(7-14(15)19)16(27,17(20,21)22)18(23,24)25/h2-9,27H,1H3. The third kappa shape index (κ3) is 3.54. The molecule has 1 aromatic heterocycles. The second-order valence-corrected chi connectivity index (χ2v) is 8.62. The molecule has 0 bridgehead atoms. The fourth-order valence-electron chi connectivity index (χ4n) is 2.92. The van der Waals surface area contributed by atoms with Crippen LogP contribution in [0.3, 0.4) is 0 Å². The Morgan fingerprint density at radius 1 is 0.867 bits per heavy atom. The van der Waals surface area contributed by atoms with Crippen LogP contribution in [0.25, 0.3) is 16.5 Å². The first-order valence-electron chi connectivity index (χ1n) is 8.04. The van der Waals surface area contributed by atoms with E-state index in [0.29, 0.717) is 22.9 Å². The van der Waals surface area contributed by atoms with Crippen molar-refractivity contribution in [1.82, 2.24) is 4.57 Å². The monoisotopic (exact) mass is 455 g/mol. The molecule has 0 aliphatic carbocycles. The van der Waals surface area contributed by atoms with Gasteiger partial charge in [0.25, 0.3) is 5.60 Å². The molecule has 1 heterocycles. The number of alkyl halides is 6. The predicted octanol–water partition coefficient (Wildman–Crippen LogP) is 4.49. The van der Waals surface area contributed by atoms with Crippen molar-refractivity contribution in [1.29, 1.82) is 0 Å². The van der Waals surface area contributed by atoms with Gasteiger partial charge in [-0.25, -0.2) is 12.8 Å². The van der Waals surface area contributed by atoms with Crippen LogP contribution in [0.5, 0.6) is 0 Å². The van der Waals surface area contributed by atoms with Crippen molar-refractivity contribution in [3.8, 4) is 5.69 Å². The van der Waals surface area contributed by atoms with E-state index in [1.54, 1.807) is 0 Å². The summed E-state index contributed by atoms with van der Waals surface area (Å²) in [5.41, 5.74) is -7.37. The van der Waals surface area contributed by atoms with E-state index in [0.717, 1.165) is 10.8 Å². The Balaban J connectivity index is 2.12. The number of aromatic nitrogens is 1. The van der Waals surface area contributed by atoms with Crippen LogP contribution in [0, 0.1) is 5.82 Å². The fraction of sp³-hybridized carbons (Fsp3) is 0.222. The molecule has 0 saturated heterocycles. The molecule has 0 fully saturated rings. The van der Waals surface area contributed by atoms with Crippen molar-refractivity contribution in [2.75, 3.05) is 6.26 Å². The zero-order valence-electron chi connectivity index (χ0n) is 14.9. The van der Waals surface area contributed by atoms with Gasteiger partial charge in [-0.3, -0.25) is 0 Å². The first-order valence-corrected chi connectivity index (χ1v) is 9.93. The van der Waals surface area contributed by atoms with Gasteiger partial charge in [-0.05, 0) is 29.7 Å². The van der Waals surface area contributed by atoms with Gasteiger partial charge >= 0.3 is 12.4 Å². The minimum Gasteiger partial charge on any atom is -0.369 e. The molecule has 0 aliphatic rings. The van der Waals surface area contributed by atoms with Gasteiger partial charge in [0.15, 0.2) is 9.84 Å². The molecule has 1 N–H and O–H groups in total. The molecule has 0 saturated carbocycles. The molecule has 0 atom stereocenters. The number of sulfone groups is 1. The SMILES string of the molecule is CS(=O)(=O)c1ccc2cn(-c3ccc(C(O)(C(F)(F)F)C(F)(F)F)cc3F)cc2c1. The molecule has 3 aromatic rings. The van der Waals surface area contributed by atoms with Crippen LogP contribution in [-0.2, 0) is 15.4 Å². The van der Waals surface area contributed by atoms with Crippen LogP contribution in [0.15, 0.2) is 53.7 Å². The Kier molecular flexibility index (Phi) is 4.94. The maximum absolute atomic E-state index is 14.5. The maximum Gasteiger partial charge on any atom is 0.430 e. The van der Waals surface area contributed by atoms with Crippen molar-refractivity contribution in [2.45, 2.75) is 22.8 Å². The summed E-state index contributed by atoms with van der Waals surface area (Å²) in [6.45, 7) is 0. The van der Waals surface area contributed by atoms with Crippen LogP contribution < -0.4 is 0 Å². The normalized spacial score (nSPS) is 13.8. The summed E-state index contributed by atoms with van der Waals surface area (Å²) in [5, 5.41) is 10.2. The van der Waals surface area contributed by atoms with Crippen molar-refractivity contribution in [3.05, 3.63) is 60.2 Å². The Bertz CT molecular complexity index is 1210. The van der Waals surface area contributed by atoms with E-state index in [1.165, 1.54) is 30.6 Å². The number of hydrogen-bond acceptors (Lipinski definition) is 3. The summed E-state index contributed by atoms with van der Waals surface area (Å²) in [7, 11) is -3.53. The zero-order valence-corrected chi connectivity index (χ0v) is 15.7. The highest BCUT2D eigenvalue weighted by atomic mass is 32.2. The highest BCUT2D eigenvalue weighted by Gasteiger charge is 2.71. The van der Waals surface area contributed by atoms with Crippen molar-refractivity contribution >= 4 is 20.6 Å². The zero-order chi connectivity index (χ0) is 22.7. The molecule has 30 heavy (non-hydrogen) atoms. The Labute approximate surface area is 165 Å². The van der Waals surface area contributed by atoms with Gasteiger partial charge in [0, 0.05) is 29.6 Å². The van der Waals surface area contributed by atoms with Gasteiger partial charge in [-0.1, -0.05) is 12.1 Å². The van der Waals surface area contributed by atoms with E-state index in [4.69, 9.17) is 0 Å². The molecular weight excluding hydrogens is 443 g/mol. The number of fused-ring (bicyclic) bond motifs is 1. The fourth-order valence-corrected chi connectivity index (χ4v) is 3.57. The molecule has 0 amide bonds. The second kappa shape index (κ2) is 6.71. The second-order valence-electron chi connectivity index (χ2n) is 6.60. The number of rotatable bonds is 3. The van der Waals surface area contributed by atoms with Crippen LogP contribution in [0.1, 0.15) is 5.56 Å². The summed E-state index contributed by atoms with van der Waals surface area (Å²) in [5.74, 6) is -1.46. The summed E-state index contributed by atoms with van der Waals surface area (Å²) in [4.78, 5) is -0.0241. The lowest BCUT2D eigenvalue weighted by molar-refractivity contribution is -0.376. The summed E-state index contributed by atoms with van der Waals surface area (Å²) in [6.07, 6.45) is -8.71. The molecule has 0 unspecified atom stereocenters. The average Bonchev–Trinajstić information content (AvgIpc) is 3.00. The highest BCUT2D eigenvalue weighted by Crippen LogP contribution is 2.50. The minimum absolute atomic E-state index is 0.0241. The van der Waals surface area contributed by atoms with Gasteiger partial charge in [0.2, 0.25) is 0 Å². The Morgan fingerprint density at radius 2 is 1.43 bits per heavy atom. The average molecular weight is 455 g/mol. The van der Waals surface area contributed by atoms with Crippen LogP contribution >= 0.6 is 0 Å². The molecule has 0 spiro atoms. The molecular formula is C18H12F7NO3S. The number of nitrogens with zero attached hydrogens (tertiary/aromatic N) is 1. The van der Waals surface area contributed by atoms with E-state index in [1.807, 2.05) is 0 Å². The first kappa shape index (κ1) is 22.1. The van der Waals surface area contributed by atoms with Crippen LogP contribution in [-0.4, -0.2) is 36.7 Å². The minimum atomic E-state index is -6.14. The number of hydrogen-bond donors (Lipinski definition) is 1. The van der Waals surface area contributed by atoms with Gasteiger partial charge < -0.3 is 9.67 Å². The number of halogens is 7. The lowest BCUT2D eigenvalue weighted by Gasteiger charge is -2.32. The van der Waals surface area contributed by atoms with Crippen molar-refractivity contribution in [3.63, 3.8) is 0 Å². The van der Waals surface area contributed by atoms with Gasteiger partial charge in [-0.15, -0.1) is 0 Å². The van der Waals surface area contributed by atoms with E-state index in [-0.39, 0.29) is 11.0 Å². The van der Waals surface area contributed by atoms with E-state index in [9.17, 15) is 44.3 Å². The van der Waals surface area contributed by atoms with E-state index < -0.39 is 44.9 Å². The number of benzene rings is 2. The first-order chi connectivity index (χ1) is 13.6. The summed E-state index contributed by atoms with van der Waals surface area (Å²) < 4.78 is 117. The molecule has 4 nitrogen and oxygen atoms in total. The van der Waals surface area contributed by atoms with Crippen LogP contribution in [0.4, 0.5) is 30.7 Å². The lowest BCUT2D eigenvalue weighted by atomic mass is 9.92. The lowest BCUT2D eigenvalue weighted by Crippen LogP contribution is -2.54. The van der Waals surface area contributed by atoms with Gasteiger partial charge in [0.05, 0.1) is 10.6 Å². The van der Waals surface area contributed by atoms with Gasteiger partial charge in [-0.2, -0.15) is 26.3 Å². The largest absolute Gasteiger partial charge is 0.430 e. The summed E-state index contributed by atoms with van der Waals surface area (Å²) in [6, 6.07) is 4.95. The topological polar surface area (TPSA) is 59.3 Å². The molecule has 162 valence electrons. The third-order valence-corrected chi connectivity index (χ3v) is 5.62. The van der Waals surface area contributed by atoms with Crippen molar-refractivity contribution in [2.24, 2.45) is 0 Å². The smallest absolute Gasteiger partial charge is 0.369 e. The van der Waals surface area contributed by atoms with E-state index >= 15 is 0 Å². The molecule has 0 radical (unpaired) electrons. The molecule has 2 aromatic carbocycles. The predicted molar refractivity (Wildman–Crippen MR) is 92.3 cm³/mol. The molecule has 3 rings (SSSR count). The molecule has 12 heteroatoms. The van der Waals surface area contributed by atoms with E-state index in [2.05, 4.69) is 0 Å². The Morgan fingerprint density at radius 3 is 1.93 bits per heavy atom. The quantitative estimate of drug-likeness (QED) is 0.593. The third-order valence-electron chi connectivity index (χ3n) is 4.51. The maximum atomic E-state index is 14.5. The molecule has 0 aliphatic heterocycles. The van der Waals surface area contributed by atoms with Crippen LogP contribution in [0.2, 0.25) is 0 Å². The Hall–Kier alpha value is -2.60. The van der Waals surface area contributed by atoms with Crippen molar-refractivity contribution < 1.29 is 44.3 Å². The van der Waals surface area contributed by atoms with Gasteiger partial charge in [0.1, 0.15) is 5.82 Å². The highest BCUT2D eigenvalue weighted by molar-refractivity contribution is 7.90.